The van der Waals surface area contributed by atoms with E-state index in [1.165, 1.54) is 7.11 Å². The third-order valence-corrected chi connectivity index (χ3v) is 4.03. The molecule has 22 heavy (non-hydrogen) atoms. The summed E-state index contributed by atoms with van der Waals surface area (Å²) < 4.78 is 9.85. The van der Waals surface area contributed by atoms with Crippen molar-refractivity contribution in [3.05, 3.63) is 29.3 Å². The molecule has 0 aromatic heterocycles. The summed E-state index contributed by atoms with van der Waals surface area (Å²) in [5.74, 6) is -0.885. The van der Waals surface area contributed by atoms with Gasteiger partial charge in [-0.25, -0.2) is 4.79 Å². The monoisotopic (exact) mass is 305 g/mol. The SMILES string of the molecule is CC[C@H](C)C(NC(=O)c1ccc2c(c1)B(O)OC2)C(=O)OC. The van der Waals surface area contributed by atoms with Gasteiger partial charge in [-0.05, 0) is 29.1 Å². The van der Waals surface area contributed by atoms with E-state index in [2.05, 4.69) is 5.32 Å². The Labute approximate surface area is 129 Å². The summed E-state index contributed by atoms with van der Waals surface area (Å²) in [6.45, 7) is 4.15. The second-order valence-corrected chi connectivity index (χ2v) is 5.44. The van der Waals surface area contributed by atoms with Crippen molar-refractivity contribution < 1.29 is 24.0 Å². The van der Waals surface area contributed by atoms with E-state index < -0.39 is 19.1 Å². The Kier molecular flexibility index (Phi) is 5.21. The van der Waals surface area contributed by atoms with Crippen molar-refractivity contribution in [3.63, 3.8) is 0 Å². The van der Waals surface area contributed by atoms with Crippen LogP contribution in [0.2, 0.25) is 0 Å². The van der Waals surface area contributed by atoms with Crippen LogP contribution in [0, 0.1) is 5.92 Å². The van der Waals surface area contributed by atoms with E-state index in [1.54, 1.807) is 18.2 Å². The minimum Gasteiger partial charge on any atom is -0.467 e. The number of nitrogens with one attached hydrogen (secondary N) is 1. The summed E-state index contributed by atoms with van der Waals surface area (Å²) >= 11 is 0. The van der Waals surface area contributed by atoms with Gasteiger partial charge in [0.15, 0.2) is 0 Å². The van der Waals surface area contributed by atoms with E-state index in [4.69, 9.17) is 9.39 Å². The van der Waals surface area contributed by atoms with Crippen molar-refractivity contribution in [2.75, 3.05) is 7.11 Å². The molecule has 1 aromatic rings. The molecule has 0 spiro atoms. The van der Waals surface area contributed by atoms with Gasteiger partial charge in [-0.2, -0.15) is 0 Å². The molecule has 118 valence electrons. The predicted octanol–water partition coefficient (Wildman–Crippen LogP) is 0.222. The summed E-state index contributed by atoms with van der Waals surface area (Å²) in [5, 5.41) is 12.4. The number of ether oxygens (including phenoxy) is 1. The number of carbonyl (C=O) groups is 2. The topological polar surface area (TPSA) is 84.9 Å². The molecule has 1 aromatic carbocycles. The molecule has 1 heterocycles. The zero-order chi connectivity index (χ0) is 16.3. The van der Waals surface area contributed by atoms with Gasteiger partial charge in [0, 0.05) is 5.56 Å². The Bertz CT molecular complexity index is 577. The smallest absolute Gasteiger partial charge is 0.467 e. The second kappa shape index (κ2) is 6.94. The molecule has 2 N–H and O–H groups in total. The fraction of sp³-hybridized carbons (Fsp3) is 0.467. The number of hydrogen-bond donors (Lipinski definition) is 2. The molecule has 1 unspecified atom stereocenters. The van der Waals surface area contributed by atoms with Crippen molar-refractivity contribution in [1.82, 2.24) is 5.32 Å². The van der Waals surface area contributed by atoms with E-state index in [1.807, 2.05) is 13.8 Å². The lowest BCUT2D eigenvalue weighted by atomic mass is 9.78. The van der Waals surface area contributed by atoms with Crippen LogP contribution < -0.4 is 10.8 Å². The maximum Gasteiger partial charge on any atom is 0.491 e. The van der Waals surface area contributed by atoms with Crippen molar-refractivity contribution in [3.8, 4) is 0 Å². The highest BCUT2D eigenvalue weighted by Gasteiger charge is 2.30. The first-order chi connectivity index (χ1) is 10.5. The van der Waals surface area contributed by atoms with E-state index in [9.17, 15) is 14.6 Å². The highest BCUT2D eigenvalue weighted by Crippen LogP contribution is 2.13. The lowest BCUT2D eigenvalue weighted by molar-refractivity contribution is -0.144. The van der Waals surface area contributed by atoms with Gasteiger partial charge in [0.1, 0.15) is 6.04 Å². The van der Waals surface area contributed by atoms with E-state index in [0.717, 1.165) is 12.0 Å². The molecule has 0 saturated carbocycles. The molecule has 6 nitrogen and oxygen atoms in total. The number of methoxy groups -OCH3 is 1. The van der Waals surface area contributed by atoms with Gasteiger partial charge in [-0.3, -0.25) is 4.79 Å². The van der Waals surface area contributed by atoms with Gasteiger partial charge in [0.25, 0.3) is 5.91 Å². The first-order valence-electron chi connectivity index (χ1n) is 7.29. The Morgan fingerprint density at radius 3 is 2.86 bits per heavy atom. The summed E-state index contributed by atoms with van der Waals surface area (Å²) in [7, 11) is 0.293. The lowest BCUT2D eigenvalue weighted by Gasteiger charge is -2.22. The second-order valence-electron chi connectivity index (χ2n) is 5.44. The van der Waals surface area contributed by atoms with Crippen LogP contribution in [0.4, 0.5) is 0 Å². The Morgan fingerprint density at radius 1 is 1.50 bits per heavy atom. The fourth-order valence-electron chi connectivity index (χ4n) is 2.38. The van der Waals surface area contributed by atoms with Crippen molar-refractivity contribution >= 4 is 24.5 Å². The van der Waals surface area contributed by atoms with Crippen LogP contribution in [0.25, 0.3) is 0 Å². The first-order valence-corrected chi connectivity index (χ1v) is 7.29. The Balaban J connectivity index is 2.17. The zero-order valence-corrected chi connectivity index (χ0v) is 13.0. The molecule has 0 saturated heterocycles. The molecular formula is C15H20BNO5. The maximum absolute atomic E-state index is 12.4. The first kappa shape index (κ1) is 16.5. The van der Waals surface area contributed by atoms with Crippen LogP contribution in [-0.4, -0.2) is 37.2 Å². The lowest BCUT2D eigenvalue weighted by Crippen LogP contribution is -2.46. The van der Waals surface area contributed by atoms with Crippen LogP contribution in [-0.2, 0) is 20.8 Å². The third-order valence-electron chi connectivity index (χ3n) is 4.03. The highest BCUT2D eigenvalue weighted by molar-refractivity contribution is 6.61. The largest absolute Gasteiger partial charge is 0.491 e. The molecule has 0 aliphatic carbocycles. The van der Waals surface area contributed by atoms with Gasteiger partial charge in [0.05, 0.1) is 13.7 Å². The normalized spacial score (nSPS) is 15.9. The van der Waals surface area contributed by atoms with Crippen LogP contribution in [0.3, 0.4) is 0 Å². The van der Waals surface area contributed by atoms with Crippen molar-refractivity contribution in [2.45, 2.75) is 32.9 Å². The summed E-state index contributed by atoms with van der Waals surface area (Å²) in [4.78, 5) is 24.2. The van der Waals surface area contributed by atoms with E-state index in [0.29, 0.717) is 17.6 Å². The van der Waals surface area contributed by atoms with E-state index >= 15 is 0 Å². The van der Waals surface area contributed by atoms with Gasteiger partial charge in [0.2, 0.25) is 0 Å². The van der Waals surface area contributed by atoms with Crippen LogP contribution in [0.1, 0.15) is 36.2 Å². The maximum atomic E-state index is 12.4. The molecule has 1 aliphatic heterocycles. The molecule has 1 aliphatic rings. The zero-order valence-electron chi connectivity index (χ0n) is 13.0. The van der Waals surface area contributed by atoms with Gasteiger partial charge < -0.3 is 19.7 Å². The summed E-state index contributed by atoms with van der Waals surface area (Å²) in [6, 6.07) is 4.29. The minimum absolute atomic E-state index is 0.0419. The van der Waals surface area contributed by atoms with Crippen LogP contribution in [0.5, 0.6) is 0 Å². The number of benzene rings is 1. The molecule has 0 bridgehead atoms. The predicted molar refractivity (Wildman–Crippen MR) is 81.6 cm³/mol. The average Bonchev–Trinajstić information content (AvgIpc) is 2.91. The minimum atomic E-state index is -1.01. The van der Waals surface area contributed by atoms with Gasteiger partial charge >= 0.3 is 13.1 Å². The fourth-order valence-corrected chi connectivity index (χ4v) is 2.38. The summed E-state index contributed by atoms with van der Waals surface area (Å²) in [5.41, 5.74) is 1.82. The molecular weight excluding hydrogens is 285 g/mol. The highest BCUT2D eigenvalue weighted by atomic mass is 16.5. The van der Waals surface area contributed by atoms with E-state index in [-0.39, 0.29) is 11.8 Å². The molecule has 1 amide bonds. The number of rotatable bonds is 5. The molecule has 2 atom stereocenters. The van der Waals surface area contributed by atoms with Crippen molar-refractivity contribution in [2.24, 2.45) is 5.92 Å². The standard InChI is InChI=1S/C15H20BNO5/c1-4-9(2)13(15(19)21-3)17-14(18)10-5-6-11-8-22-16(20)12(11)7-10/h5-7,9,13,20H,4,8H2,1-3H3,(H,17,18)/t9-,13?/m0/s1. The number of amides is 1. The van der Waals surface area contributed by atoms with Crippen LogP contribution in [0.15, 0.2) is 18.2 Å². The molecule has 7 heteroatoms. The average molecular weight is 305 g/mol. The number of carbonyl (C=O) groups excluding carboxylic acids is 2. The van der Waals surface area contributed by atoms with Gasteiger partial charge in [-0.1, -0.05) is 26.3 Å². The van der Waals surface area contributed by atoms with Crippen LogP contribution >= 0.6 is 0 Å². The molecule has 0 fully saturated rings. The number of hydrogen-bond acceptors (Lipinski definition) is 5. The molecule has 0 radical (unpaired) electrons. The third kappa shape index (κ3) is 3.31. The quantitative estimate of drug-likeness (QED) is 0.600. The summed E-state index contributed by atoms with van der Waals surface area (Å²) in [6.07, 6.45) is 0.733. The Morgan fingerprint density at radius 2 is 2.23 bits per heavy atom. The molecule has 2 rings (SSSR count). The van der Waals surface area contributed by atoms with Crippen molar-refractivity contribution in [1.29, 1.82) is 0 Å². The van der Waals surface area contributed by atoms with Gasteiger partial charge in [-0.15, -0.1) is 0 Å². The number of fused-ring (bicyclic) bond motifs is 1. The Hall–Kier alpha value is -1.86. The number of esters is 1.